The van der Waals surface area contributed by atoms with Crippen molar-refractivity contribution < 1.29 is 22.9 Å². The summed E-state index contributed by atoms with van der Waals surface area (Å²) < 4.78 is 28.5. The summed E-state index contributed by atoms with van der Waals surface area (Å²) in [6.07, 6.45) is 0.294. The molecule has 0 aliphatic heterocycles. The topological polar surface area (TPSA) is 130 Å². The fourth-order valence-corrected chi connectivity index (χ4v) is 5.69. The largest absolute Gasteiger partial charge is 0.350 e. The van der Waals surface area contributed by atoms with Crippen molar-refractivity contribution in [2.45, 2.75) is 64.1 Å². The van der Waals surface area contributed by atoms with E-state index in [0.29, 0.717) is 6.42 Å². The van der Waals surface area contributed by atoms with Gasteiger partial charge in [0.25, 0.3) is 15.7 Å². The molecule has 0 aliphatic rings. The highest BCUT2D eigenvalue weighted by Crippen LogP contribution is 2.27. The highest BCUT2D eigenvalue weighted by Gasteiger charge is 2.34. The lowest BCUT2D eigenvalue weighted by Crippen LogP contribution is -2.55. The number of anilines is 1. The molecule has 2 amide bonds. The Labute approximate surface area is 241 Å². The van der Waals surface area contributed by atoms with E-state index in [9.17, 15) is 28.1 Å². The maximum Gasteiger partial charge on any atom is 0.269 e. The number of rotatable bonds is 11. The van der Waals surface area contributed by atoms with E-state index < -0.39 is 39.0 Å². The molecule has 3 rings (SSSR count). The second kappa shape index (κ2) is 12.9. The highest BCUT2D eigenvalue weighted by molar-refractivity contribution is 7.92. The van der Waals surface area contributed by atoms with Crippen LogP contribution in [0.2, 0.25) is 0 Å². The zero-order chi connectivity index (χ0) is 30.4. The minimum atomic E-state index is -4.26. The number of benzene rings is 3. The number of sulfonamides is 1. The van der Waals surface area contributed by atoms with E-state index in [0.717, 1.165) is 15.4 Å². The van der Waals surface area contributed by atoms with Crippen LogP contribution >= 0.6 is 0 Å². The molecule has 0 fully saturated rings. The molecule has 218 valence electrons. The summed E-state index contributed by atoms with van der Waals surface area (Å²) in [7, 11) is -4.26. The second-order valence-corrected chi connectivity index (χ2v) is 12.6. The van der Waals surface area contributed by atoms with Gasteiger partial charge < -0.3 is 10.2 Å². The molecule has 0 bridgehead atoms. The number of non-ortho nitro benzene ring substituents is 1. The van der Waals surface area contributed by atoms with Crippen LogP contribution in [0.5, 0.6) is 0 Å². The molecule has 1 unspecified atom stereocenters. The molecule has 3 aromatic rings. The van der Waals surface area contributed by atoms with Crippen LogP contribution in [0, 0.1) is 17.0 Å². The SMILES string of the molecule is CCC(C(=O)NC(C)(C)C)N(Cc1ccc(C)cc1)C(=O)CN(c1ccc([N+](=O)[O-])cc1)S(=O)(=O)c1ccccc1. The molecule has 11 heteroatoms. The van der Waals surface area contributed by atoms with Gasteiger partial charge in [0, 0.05) is 24.2 Å². The van der Waals surface area contributed by atoms with Gasteiger partial charge in [0.05, 0.1) is 15.5 Å². The van der Waals surface area contributed by atoms with Crippen LogP contribution in [0.3, 0.4) is 0 Å². The maximum atomic E-state index is 14.1. The van der Waals surface area contributed by atoms with Crippen LogP contribution in [0.4, 0.5) is 11.4 Å². The van der Waals surface area contributed by atoms with Gasteiger partial charge >= 0.3 is 0 Å². The average molecular weight is 581 g/mol. The van der Waals surface area contributed by atoms with Gasteiger partial charge in [0.2, 0.25) is 11.8 Å². The van der Waals surface area contributed by atoms with Gasteiger partial charge in [-0.05, 0) is 63.9 Å². The van der Waals surface area contributed by atoms with Crippen molar-refractivity contribution in [1.82, 2.24) is 10.2 Å². The normalized spacial score (nSPS) is 12.3. The number of amides is 2. The first kappa shape index (κ1) is 31.3. The number of hydrogen-bond donors (Lipinski definition) is 1. The number of nitrogens with zero attached hydrogens (tertiary/aromatic N) is 3. The molecule has 0 saturated carbocycles. The first-order chi connectivity index (χ1) is 19.2. The molecule has 0 spiro atoms. The third kappa shape index (κ3) is 8.14. The van der Waals surface area contributed by atoms with Crippen LogP contribution in [0.1, 0.15) is 45.2 Å². The van der Waals surface area contributed by atoms with E-state index in [4.69, 9.17) is 0 Å². The Morgan fingerprint density at radius 2 is 1.54 bits per heavy atom. The summed E-state index contributed by atoms with van der Waals surface area (Å²) in [4.78, 5) is 39.4. The second-order valence-electron chi connectivity index (χ2n) is 10.8. The maximum absolute atomic E-state index is 14.1. The van der Waals surface area contributed by atoms with Crippen molar-refractivity contribution in [1.29, 1.82) is 0 Å². The van der Waals surface area contributed by atoms with E-state index in [1.807, 2.05) is 52.0 Å². The molecule has 0 aliphatic carbocycles. The summed E-state index contributed by atoms with van der Waals surface area (Å²) in [5, 5.41) is 14.1. The van der Waals surface area contributed by atoms with Crippen molar-refractivity contribution in [3.8, 4) is 0 Å². The molecule has 1 atom stereocenters. The Balaban J connectivity index is 2.07. The van der Waals surface area contributed by atoms with Crippen molar-refractivity contribution in [2.24, 2.45) is 0 Å². The number of carbonyl (C=O) groups is 2. The summed E-state index contributed by atoms with van der Waals surface area (Å²) in [5.74, 6) is -0.951. The van der Waals surface area contributed by atoms with Gasteiger partial charge in [-0.1, -0.05) is 55.0 Å². The van der Waals surface area contributed by atoms with Crippen LogP contribution < -0.4 is 9.62 Å². The highest BCUT2D eigenvalue weighted by atomic mass is 32.2. The Bertz CT molecular complexity index is 1470. The number of carbonyl (C=O) groups excluding carboxylic acids is 2. The third-order valence-corrected chi connectivity index (χ3v) is 8.10. The van der Waals surface area contributed by atoms with Crippen LogP contribution in [-0.4, -0.2) is 48.2 Å². The standard InChI is InChI=1S/C30H36N4O6S/c1-6-27(29(36)31-30(3,4)5)32(20-23-14-12-22(2)13-15-23)28(35)21-33(24-16-18-25(19-17-24)34(37)38)41(39,40)26-10-8-7-9-11-26/h7-19,27H,6,20-21H2,1-5H3,(H,31,36). The lowest BCUT2D eigenvalue weighted by atomic mass is 10.1. The number of hydrogen-bond acceptors (Lipinski definition) is 6. The monoisotopic (exact) mass is 580 g/mol. The fraction of sp³-hybridized carbons (Fsp3) is 0.333. The summed E-state index contributed by atoms with van der Waals surface area (Å²) in [6, 6.07) is 19.2. The van der Waals surface area contributed by atoms with Crippen LogP contribution in [0.25, 0.3) is 0 Å². The zero-order valence-electron chi connectivity index (χ0n) is 23.9. The number of nitro groups is 1. The molecule has 41 heavy (non-hydrogen) atoms. The first-order valence-electron chi connectivity index (χ1n) is 13.2. The number of nitro benzene ring substituents is 1. The summed E-state index contributed by atoms with van der Waals surface area (Å²) in [6.45, 7) is 8.70. The number of aryl methyl sites for hydroxylation is 1. The van der Waals surface area contributed by atoms with Gasteiger partial charge in [-0.2, -0.15) is 0 Å². The third-order valence-electron chi connectivity index (χ3n) is 6.32. The lowest BCUT2D eigenvalue weighted by molar-refractivity contribution is -0.384. The molecular formula is C30H36N4O6S. The minimum absolute atomic E-state index is 0.0474. The minimum Gasteiger partial charge on any atom is -0.350 e. The molecular weight excluding hydrogens is 544 g/mol. The average Bonchev–Trinajstić information content (AvgIpc) is 2.92. The quantitative estimate of drug-likeness (QED) is 0.256. The van der Waals surface area contributed by atoms with Crippen molar-refractivity contribution in [3.05, 3.63) is 100 Å². The summed E-state index contributed by atoms with van der Waals surface area (Å²) >= 11 is 0. The molecule has 0 heterocycles. The Morgan fingerprint density at radius 3 is 2.05 bits per heavy atom. The zero-order valence-corrected chi connectivity index (χ0v) is 24.7. The van der Waals surface area contributed by atoms with Gasteiger partial charge in [0.1, 0.15) is 12.6 Å². The molecule has 1 N–H and O–H groups in total. The first-order valence-corrected chi connectivity index (χ1v) is 14.7. The molecule has 0 radical (unpaired) electrons. The molecule has 0 saturated heterocycles. The van der Waals surface area contributed by atoms with Crippen LogP contribution in [0.15, 0.2) is 83.8 Å². The van der Waals surface area contributed by atoms with Gasteiger partial charge in [-0.15, -0.1) is 0 Å². The van der Waals surface area contributed by atoms with Crippen molar-refractivity contribution >= 4 is 33.2 Å². The fourth-order valence-electron chi connectivity index (χ4n) is 4.25. The molecule has 0 aromatic heterocycles. The molecule has 3 aromatic carbocycles. The summed E-state index contributed by atoms with van der Waals surface area (Å²) in [5.41, 5.74) is 1.12. The van der Waals surface area contributed by atoms with Gasteiger partial charge in [0.15, 0.2) is 0 Å². The van der Waals surface area contributed by atoms with E-state index in [2.05, 4.69) is 5.32 Å². The Morgan fingerprint density at radius 1 is 0.951 bits per heavy atom. The van der Waals surface area contributed by atoms with Crippen molar-refractivity contribution in [2.75, 3.05) is 10.8 Å². The van der Waals surface area contributed by atoms with E-state index in [1.165, 1.54) is 41.3 Å². The smallest absolute Gasteiger partial charge is 0.269 e. The number of nitrogens with one attached hydrogen (secondary N) is 1. The lowest BCUT2D eigenvalue weighted by Gasteiger charge is -2.34. The predicted octanol–water partition coefficient (Wildman–Crippen LogP) is 4.82. The van der Waals surface area contributed by atoms with E-state index in [1.54, 1.807) is 25.1 Å². The van der Waals surface area contributed by atoms with Crippen LogP contribution in [-0.2, 0) is 26.2 Å². The van der Waals surface area contributed by atoms with E-state index in [-0.39, 0.29) is 28.7 Å². The Hall–Kier alpha value is -4.25. The van der Waals surface area contributed by atoms with E-state index >= 15 is 0 Å². The molecule has 10 nitrogen and oxygen atoms in total. The van der Waals surface area contributed by atoms with Gasteiger partial charge in [-0.3, -0.25) is 24.0 Å². The Kier molecular flexibility index (Phi) is 9.88. The van der Waals surface area contributed by atoms with Gasteiger partial charge in [-0.25, -0.2) is 8.42 Å². The predicted molar refractivity (Wildman–Crippen MR) is 158 cm³/mol. The van der Waals surface area contributed by atoms with Crippen molar-refractivity contribution in [3.63, 3.8) is 0 Å².